The molecule has 0 aliphatic heterocycles. The van der Waals surface area contributed by atoms with Gasteiger partial charge in [0.1, 0.15) is 0 Å². The molecule has 4 nitrogen and oxygen atoms in total. The lowest BCUT2D eigenvalue weighted by Gasteiger charge is -2.21. The Morgan fingerprint density at radius 1 is 1.00 bits per heavy atom. The van der Waals surface area contributed by atoms with Crippen molar-refractivity contribution in [2.45, 2.75) is 66.2 Å². The van der Waals surface area contributed by atoms with E-state index in [0.717, 1.165) is 37.3 Å². The minimum Gasteiger partial charge on any atom is -0.545 e. The number of rotatable bonds is 12. The molecule has 0 aliphatic rings. The van der Waals surface area contributed by atoms with Crippen LogP contribution in [0.1, 0.15) is 66.2 Å². The summed E-state index contributed by atoms with van der Waals surface area (Å²) in [5.74, 6) is -1.12. The standard InChI is InChI=1S/C15H29O4Si/c1-5-8-11-18-20(19-12-9-6-2)14(10-7-3)13(4)15(16)17/h5-12H2,1-4H3,(H,16,17)/p-1/b14-13+. The van der Waals surface area contributed by atoms with Crippen LogP contribution >= 0.6 is 0 Å². The zero-order chi connectivity index (χ0) is 15.4. The SMILES string of the molecule is CCCCO[Si](OCCCC)/C(CCC)=C(\C)C(=O)[O-]. The second-order valence-corrected chi connectivity index (χ2v) is 6.59. The van der Waals surface area contributed by atoms with Crippen molar-refractivity contribution in [2.75, 3.05) is 13.2 Å². The number of carbonyl (C=O) groups excluding carboxylic acids is 1. The molecule has 0 N–H and O–H groups in total. The Balaban J connectivity index is 4.88. The molecular weight excluding hydrogens is 272 g/mol. The van der Waals surface area contributed by atoms with Crippen molar-refractivity contribution in [1.29, 1.82) is 0 Å². The minimum absolute atomic E-state index is 0.286. The highest BCUT2D eigenvalue weighted by Gasteiger charge is 2.23. The zero-order valence-corrected chi connectivity index (χ0v) is 14.3. The highest BCUT2D eigenvalue weighted by atomic mass is 28.3. The summed E-state index contributed by atoms with van der Waals surface area (Å²) in [4.78, 5) is 11.1. The summed E-state index contributed by atoms with van der Waals surface area (Å²) in [5, 5.41) is 11.9. The van der Waals surface area contributed by atoms with Gasteiger partial charge >= 0.3 is 9.28 Å². The van der Waals surface area contributed by atoms with Gasteiger partial charge in [-0.2, -0.15) is 0 Å². The first-order valence-corrected chi connectivity index (χ1v) is 8.94. The van der Waals surface area contributed by atoms with E-state index in [1.165, 1.54) is 0 Å². The van der Waals surface area contributed by atoms with Gasteiger partial charge < -0.3 is 18.8 Å². The van der Waals surface area contributed by atoms with E-state index < -0.39 is 15.3 Å². The van der Waals surface area contributed by atoms with Crippen molar-refractivity contribution in [1.82, 2.24) is 0 Å². The average molecular weight is 300 g/mol. The summed E-state index contributed by atoms with van der Waals surface area (Å²) in [5.41, 5.74) is 0.286. The van der Waals surface area contributed by atoms with Gasteiger partial charge in [-0.15, -0.1) is 0 Å². The lowest BCUT2D eigenvalue weighted by atomic mass is 10.2. The molecule has 0 amide bonds. The average Bonchev–Trinajstić information content (AvgIpc) is 2.43. The van der Waals surface area contributed by atoms with Crippen LogP contribution in [0.4, 0.5) is 0 Å². The Kier molecular flexibility index (Phi) is 11.7. The second-order valence-electron chi connectivity index (χ2n) is 4.83. The Morgan fingerprint density at radius 2 is 1.50 bits per heavy atom. The van der Waals surface area contributed by atoms with Crippen LogP contribution in [-0.2, 0) is 13.6 Å². The quantitative estimate of drug-likeness (QED) is 0.316. The van der Waals surface area contributed by atoms with Gasteiger partial charge in [-0.3, -0.25) is 0 Å². The van der Waals surface area contributed by atoms with E-state index in [-0.39, 0.29) is 5.57 Å². The highest BCUT2D eigenvalue weighted by molar-refractivity contribution is 6.54. The zero-order valence-electron chi connectivity index (χ0n) is 13.3. The molecule has 0 saturated carbocycles. The molecule has 0 aromatic carbocycles. The van der Waals surface area contributed by atoms with Crippen LogP contribution in [0, 0.1) is 0 Å². The molecule has 0 aromatic heterocycles. The molecule has 0 rings (SSSR count). The third-order valence-corrected chi connectivity index (χ3v) is 5.02. The van der Waals surface area contributed by atoms with Crippen LogP contribution in [0.5, 0.6) is 0 Å². The Morgan fingerprint density at radius 3 is 1.85 bits per heavy atom. The molecule has 117 valence electrons. The van der Waals surface area contributed by atoms with Crippen LogP contribution in [-0.4, -0.2) is 28.5 Å². The van der Waals surface area contributed by atoms with Crippen LogP contribution in [0.25, 0.3) is 0 Å². The molecule has 0 fully saturated rings. The van der Waals surface area contributed by atoms with Crippen molar-refractivity contribution >= 4 is 15.3 Å². The summed E-state index contributed by atoms with van der Waals surface area (Å²) in [7, 11) is -1.68. The summed E-state index contributed by atoms with van der Waals surface area (Å²) < 4.78 is 11.7. The Labute approximate surface area is 125 Å². The molecule has 1 radical (unpaired) electrons. The first-order chi connectivity index (χ1) is 9.58. The number of unbranched alkanes of at least 4 members (excludes halogenated alkanes) is 2. The van der Waals surface area contributed by atoms with Gasteiger partial charge in [0.15, 0.2) is 0 Å². The smallest absolute Gasteiger partial charge is 0.419 e. The third kappa shape index (κ3) is 7.82. The van der Waals surface area contributed by atoms with Crippen molar-refractivity contribution < 1.29 is 18.8 Å². The molecule has 0 bridgehead atoms. The Bertz CT molecular complexity index is 292. The predicted octanol–water partition coefficient (Wildman–Crippen LogP) is 2.51. The molecule has 20 heavy (non-hydrogen) atoms. The molecule has 0 saturated heterocycles. The third-order valence-electron chi connectivity index (χ3n) is 2.97. The molecule has 0 aliphatic carbocycles. The normalized spacial score (nSPS) is 12.7. The first-order valence-electron chi connectivity index (χ1n) is 7.62. The molecule has 0 atom stereocenters. The fourth-order valence-corrected chi connectivity index (χ4v) is 3.60. The fourth-order valence-electron chi connectivity index (χ4n) is 1.65. The molecular formula is C15H28O4Si-. The maximum absolute atomic E-state index is 11.1. The van der Waals surface area contributed by atoms with Gasteiger partial charge in [-0.1, -0.05) is 40.0 Å². The summed E-state index contributed by atoms with van der Waals surface area (Å²) >= 11 is 0. The lowest BCUT2D eigenvalue weighted by Crippen LogP contribution is -2.32. The van der Waals surface area contributed by atoms with E-state index in [2.05, 4.69) is 13.8 Å². The van der Waals surface area contributed by atoms with Gasteiger partial charge in [0.25, 0.3) is 0 Å². The molecule has 0 heterocycles. The van der Waals surface area contributed by atoms with Gasteiger partial charge in [0, 0.05) is 13.2 Å². The first kappa shape index (κ1) is 19.3. The monoisotopic (exact) mass is 300 g/mol. The topological polar surface area (TPSA) is 58.6 Å². The lowest BCUT2D eigenvalue weighted by molar-refractivity contribution is -0.299. The molecule has 0 aromatic rings. The van der Waals surface area contributed by atoms with E-state index >= 15 is 0 Å². The van der Waals surface area contributed by atoms with Crippen LogP contribution in [0.15, 0.2) is 10.8 Å². The van der Waals surface area contributed by atoms with Crippen LogP contribution in [0.2, 0.25) is 0 Å². The molecule has 0 unspecified atom stereocenters. The van der Waals surface area contributed by atoms with E-state index in [9.17, 15) is 9.90 Å². The summed E-state index contributed by atoms with van der Waals surface area (Å²) in [6.45, 7) is 9.08. The number of hydrogen-bond donors (Lipinski definition) is 0. The maximum atomic E-state index is 11.1. The summed E-state index contributed by atoms with van der Waals surface area (Å²) in [6.07, 6.45) is 5.62. The number of aliphatic carboxylic acids is 1. The maximum Gasteiger partial charge on any atom is 0.419 e. The van der Waals surface area contributed by atoms with Crippen molar-refractivity contribution in [3.8, 4) is 0 Å². The van der Waals surface area contributed by atoms with Gasteiger partial charge in [-0.25, -0.2) is 0 Å². The minimum atomic E-state index is -1.68. The van der Waals surface area contributed by atoms with Crippen molar-refractivity contribution in [2.24, 2.45) is 0 Å². The van der Waals surface area contributed by atoms with Crippen molar-refractivity contribution in [3.05, 3.63) is 10.8 Å². The summed E-state index contributed by atoms with van der Waals surface area (Å²) in [6, 6.07) is 0. The van der Waals surface area contributed by atoms with E-state index in [0.29, 0.717) is 19.6 Å². The van der Waals surface area contributed by atoms with Gasteiger partial charge in [0.2, 0.25) is 0 Å². The Hall–Kier alpha value is -0.653. The van der Waals surface area contributed by atoms with Crippen LogP contribution in [0.3, 0.4) is 0 Å². The number of hydrogen-bond acceptors (Lipinski definition) is 4. The fraction of sp³-hybridized carbons (Fsp3) is 0.800. The van der Waals surface area contributed by atoms with Crippen LogP contribution < -0.4 is 5.11 Å². The van der Waals surface area contributed by atoms with E-state index in [1.54, 1.807) is 6.92 Å². The largest absolute Gasteiger partial charge is 0.545 e. The predicted molar refractivity (Wildman–Crippen MR) is 80.1 cm³/mol. The van der Waals surface area contributed by atoms with Crippen molar-refractivity contribution in [3.63, 3.8) is 0 Å². The highest BCUT2D eigenvalue weighted by Crippen LogP contribution is 2.17. The van der Waals surface area contributed by atoms with Gasteiger partial charge in [0.05, 0.1) is 5.97 Å². The second kappa shape index (κ2) is 12.1. The molecule has 0 spiro atoms. The van der Waals surface area contributed by atoms with E-state index in [4.69, 9.17) is 8.85 Å². The van der Waals surface area contributed by atoms with E-state index in [1.807, 2.05) is 6.92 Å². The number of carboxylic acids is 1. The number of carbonyl (C=O) groups is 1. The number of carboxylic acid groups (broad SMARTS) is 1. The molecule has 5 heteroatoms. The number of allylic oxidation sites excluding steroid dienone is 1. The van der Waals surface area contributed by atoms with Gasteiger partial charge in [-0.05, 0) is 37.0 Å².